The van der Waals surface area contributed by atoms with Crippen molar-refractivity contribution in [2.45, 2.75) is 63.7 Å². The van der Waals surface area contributed by atoms with Gasteiger partial charge in [0.1, 0.15) is 5.82 Å². The molecule has 4 aliphatic rings. The normalized spacial score (nSPS) is 31.5. The average molecular weight is 509 g/mol. The number of aromatic nitrogens is 3. The maximum atomic E-state index is 13.2. The van der Waals surface area contributed by atoms with Crippen LogP contribution in [0.4, 0.5) is 13.2 Å². The van der Waals surface area contributed by atoms with Gasteiger partial charge in [-0.25, -0.2) is 18.1 Å². The second kappa shape index (κ2) is 7.78. The van der Waals surface area contributed by atoms with Crippen molar-refractivity contribution in [3.8, 4) is 11.4 Å². The van der Waals surface area contributed by atoms with Gasteiger partial charge in [0.2, 0.25) is 0 Å². The fourth-order valence-corrected chi connectivity index (χ4v) is 9.29. The van der Waals surface area contributed by atoms with Crippen molar-refractivity contribution in [1.29, 1.82) is 0 Å². The molecule has 0 unspecified atom stereocenters. The monoisotopic (exact) mass is 508 g/mol. The van der Waals surface area contributed by atoms with Gasteiger partial charge in [0, 0.05) is 29.0 Å². The van der Waals surface area contributed by atoms with Gasteiger partial charge in [-0.2, -0.15) is 18.3 Å². The van der Waals surface area contributed by atoms with E-state index in [4.69, 9.17) is 4.98 Å². The summed E-state index contributed by atoms with van der Waals surface area (Å²) >= 11 is 0. The van der Waals surface area contributed by atoms with Crippen LogP contribution in [0.5, 0.6) is 0 Å². The molecule has 2 saturated heterocycles. The lowest BCUT2D eigenvalue weighted by molar-refractivity contribution is -0.137. The quantitative estimate of drug-likeness (QED) is 0.606. The molecule has 4 atom stereocenters. The van der Waals surface area contributed by atoms with Gasteiger partial charge in [-0.05, 0) is 76.6 Å². The van der Waals surface area contributed by atoms with Crippen molar-refractivity contribution in [3.63, 3.8) is 0 Å². The topological polar surface area (TPSA) is 68.1 Å². The minimum Gasteiger partial charge on any atom is -0.300 e. The van der Waals surface area contributed by atoms with E-state index in [-0.39, 0.29) is 11.5 Å². The minimum atomic E-state index is -4.40. The molecule has 0 bridgehead atoms. The molecule has 2 saturated carbocycles. The lowest BCUT2D eigenvalue weighted by atomic mass is 9.80. The molecule has 4 fully saturated rings. The number of piperidine rings is 1. The van der Waals surface area contributed by atoms with E-state index in [1.54, 1.807) is 6.07 Å². The number of hydrogen-bond acceptors (Lipinski definition) is 5. The number of fused-ring (bicyclic) bond motifs is 1. The number of hydrogen-bond donors (Lipinski definition) is 0. The summed E-state index contributed by atoms with van der Waals surface area (Å²) in [5, 5.41) is 4.62. The largest absolute Gasteiger partial charge is 0.416 e. The molecule has 0 amide bonds. The van der Waals surface area contributed by atoms with Crippen LogP contribution in [-0.4, -0.2) is 58.7 Å². The summed E-state index contributed by atoms with van der Waals surface area (Å²) in [4.78, 5) is 7.33. The summed E-state index contributed by atoms with van der Waals surface area (Å²) in [6.07, 6.45) is -0.245. The van der Waals surface area contributed by atoms with Crippen LogP contribution in [0.2, 0.25) is 0 Å². The summed E-state index contributed by atoms with van der Waals surface area (Å²) < 4.78 is 64.8. The average Bonchev–Trinajstić information content (AvgIpc) is 3.13. The summed E-state index contributed by atoms with van der Waals surface area (Å²) in [7, 11) is -2.79. The second-order valence-corrected chi connectivity index (χ2v) is 13.5. The zero-order valence-corrected chi connectivity index (χ0v) is 20.8. The standard InChI is InChI=1S/C25H31F3N4O2S/c1-15(2)32-23(29-22(30-32)16-4-3-5-17(10-16)25(26,27)28)21-19-11-18(12-20(19)21)31-8-6-24(7-9-31)13-35(33,34)14-24/h3-5,10,15,18-21H,6-9,11-14H2,1-2H3/t18-,19+,20-,21-. The first-order chi connectivity index (χ1) is 16.4. The third-order valence-electron chi connectivity index (χ3n) is 8.74. The van der Waals surface area contributed by atoms with Gasteiger partial charge >= 0.3 is 6.18 Å². The van der Waals surface area contributed by atoms with E-state index in [1.807, 2.05) is 18.5 Å². The smallest absolute Gasteiger partial charge is 0.300 e. The molecule has 0 N–H and O–H groups in total. The second-order valence-electron chi connectivity index (χ2n) is 11.5. The molecule has 2 aromatic rings. The molecule has 35 heavy (non-hydrogen) atoms. The first-order valence-corrected chi connectivity index (χ1v) is 14.4. The molecule has 0 radical (unpaired) electrons. The van der Waals surface area contributed by atoms with E-state index in [9.17, 15) is 21.6 Å². The highest BCUT2D eigenvalue weighted by molar-refractivity contribution is 7.92. The van der Waals surface area contributed by atoms with E-state index in [1.165, 1.54) is 6.07 Å². The number of benzene rings is 1. The molecular formula is C25H31F3N4O2S. The van der Waals surface area contributed by atoms with Gasteiger partial charge in [-0.1, -0.05) is 12.1 Å². The lowest BCUT2D eigenvalue weighted by Crippen LogP contribution is -2.55. The van der Waals surface area contributed by atoms with Crippen molar-refractivity contribution in [2.75, 3.05) is 24.6 Å². The van der Waals surface area contributed by atoms with Crippen LogP contribution in [0.1, 0.15) is 62.9 Å². The number of nitrogens with zero attached hydrogens (tertiary/aromatic N) is 4. The van der Waals surface area contributed by atoms with Crippen LogP contribution in [0.3, 0.4) is 0 Å². The first kappa shape index (κ1) is 23.5. The van der Waals surface area contributed by atoms with Crippen molar-refractivity contribution >= 4 is 9.84 Å². The highest BCUT2D eigenvalue weighted by Crippen LogP contribution is 2.64. The summed E-state index contributed by atoms with van der Waals surface area (Å²) in [5.74, 6) is 3.38. The van der Waals surface area contributed by atoms with Crippen LogP contribution < -0.4 is 0 Å². The maximum Gasteiger partial charge on any atom is 0.416 e. The molecule has 6 rings (SSSR count). The molecule has 1 aromatic carbocycles. The van der Waals surface area contributed by atoms with Crippen molar-refractivity contribution in [2.24, 2.45) is 17.3 Å². The van der Waals surface area contributed by atoms with E-state index in [0.29, 0.717) is 46.7 Å². The molecule has 2 aliphatic heterocycles. The van der Waals surface area contributed by atoms with Crippen molar-refractivity contribution in [1.82, 2.24) is 19.7 Å². The van der Waals surface area contributed by atoms with E-state index < -0.39 is 21.6 Å². The zero-order valence-electron chi connectivity index (χ0n) is 20.0. The summed E-state index contributed by atoms with van der Waals surface area (Å²) in [6, 6.07) is 5.86. The van der Waals surface area contributed by atoms with Crippen LogP contribution in [0, 0.1) is 17.3 Å². The van der Waals surface area contributed by atoms with Crippen molar-refractivity contribution in [3.05, 3.63) is 35.7 Å². The first-order valence-electron chi connectivity index (χ1n) is 12.5. The Balaban J connectivity index is 1.14. The van der Waals surface area contributed by atoms with Crippen LogP contribution in [-0.2, 0) is 16.0 Å². The third-order valence-corrected chi connectivity index (χ3v) is 10.8. The zero-order chi connectivity index (χ0) is 24.8. The Labute approximate surface area is 203 Å². The SMILES string of the molecule is CC(C)n1nc(-c2cccc(C(F)(F)F)c2)nc1[C@H]1[C@@H]2C[C@H](N3CCC4(CC3)CS(=O)(=O)C4)C[C@@H]21. The Morgan fingerprint density at radius 1 is 1.09 bits per heavy atom. The van der Waals surface area contributed by atoms with Crippen LogP contribution >= 0.6 is 0 Å². The number of likely N-dealkylation sites (tertiary alicyclic amines) is 1. The Morgan fingerprint density at radius 3 is 2.31 bits per heavy atom. The summed E-state index contributed by atoms with van der Waals surface area (Å²) in [5.41, 5.74) is -0.261. The van der Waals surface area contributed by atoms with Crippen LogP contribution in [0.25, 0.3) is 11.4 Å². The minimum absolute atomic E-state index is 0.0346. The molecule has 1 aromatic heterocycles. The number of sulfone groups is 1. The highest BCUT2D eigenvalue weighted by atomic mass is 32.2. The number of halogens is 3. The number of rotatable bonds is 4. The Bertz CT molecular complexity index is 1220. The lowest BCUT2D eigenvalue weighted by Gasteiger charge is -2.48. The van der Waals surface area contributed by atoms with E-state index >= 15 is 0 Å². The van der Waals surface area contributed by atoms with E-state index in [0.717, 1.165) is 56.7 Å². The predicted molar refractivity (Wildman–Crippen MR) is 125 cm³/mol. The molecule has 190 valence electrons. The fourth-order valence-electron chi connectivity index (χ4n) is 6.94. The Morgan fingerprint density at radius 2 is 1.74 bits per heavy atom. The van der Waals surface area contributed by atoms with Crippen molar-refractivity contribution < 1.29 is 21.6 Å². The molecule has 3 heterocycles. The predicted octanol–water partition coefficient (Wildman–Crippen LogP) is 4.55. The Kier molecular flexibility index (Phi) is 5.21. The maximum absolute atomic E-state index is 13.2. The highest BCUT2D eigenvalue weighted by Gasteiger charge is 2.60. The molecule has 10 heteroatoms. The van der Waals surface area contributed by atoms with Gasteiger partial charge < -0.3 is 4.90 Å². The molecule has 1 spiro atoms. The van der Waals surface area contributed by atoms with Gasteiger partial charge in [-0.3, -0.25) is 0 Å². The molecule has 2 aliphatic carbocycles. The van der Waals surface area contributed by atoms with E-state index in [2.05, 4.69) is 10.00 Å². The summed E-state index contributed by atoms with van der Waals surface area (Å²) in [6.45, 7) is 6.01. The van der Waals surface area contributed by atoms with Gasteiger partial charge in [0.05, 0.1) is 17.1 Å². The van der Waals surface area contributed by atoms with Gasteiger partial charge in [0.25, 0.3) is 0 Å². The van der Waals surface area contributed by atoms with Gasteiger partial charge in [0.15, 0.2) is 15.7 Å². The Hall–Kier alpha value is -1.94. The molecular weight excluding hydrogens is 477 g/mol. The fraction of sp³-hybridized carbons (Fsp3) is 0.680. The molecule has 6 nitrogen and oxygen atoms in total. The third kappa shape index (κ3) is 4.10. The number of alkyl halides is 3. The van der Waals surface area contributed by atoms with Gasteiger partial charge in [-0.15, -0.1) is 0 Å². The van der Waals surface area contributed by atoms with Crippen LogP contribution in [0.15, 0.2) is 24.3 Å².